The quantitative estimate of drug-likeness (QED) is 0.796. The predicted molar refractivity (Wildman–Crippen MR) is 77.5 cm³/mol. The van der Waals surface area contributed by atoms with Gasteiger partial charge >= 0.3 is 0 Å². The van der Waals surface area contributed by atoms with Gasteiger partial charge in [-0.1, -0.05) is 48.5 Å². The van der Waals surface area contributed by atoms with E-state index < -0.39 is 0 Å². The monoisotopic (exact) mass is 251 g/mol. The largest absolute Gasteiger partial charge is 0.478 e. The van der Waals surface area contributed by atoms with Crippen molar-refractivity contribution in [2.75, 3.05) is 6.61 Å². The molecule has 2 nitrogen and oxygen atoms in total. The molecule has 2 heteroatoms. The van der Waals surface area contributed by atoms with Crippen molar-refractivity contribution in [2.24, 2.45) is 4.99 Å². The lowest BCUT2D eigenvalue weighted by Gasteiger charge is -2.22. The number of aliphatic imine (C=N–C) groups is 1. The molecular formula is C17H17NO. The Balaban J connectivity index is 2.17. The van der Waals surface area contributed by atoms with Crippen LogP contribution < -0.4 is 0 Å². The highest BCUT2D eigenvalue weighted by Gasteiger charge is 2.37. The van der Waals surface area contributed by atoms with Gasteiger partial charge in [0.1, 0.15) is 5.54 Å². The maximum atomic E-state index is 5.70. The number of ether oxygens (including phenoxy) is 1. The van der Waals surface area contributed by atoms with Gasteiger partial charge in [0, 0.05) is 5.56 Å². The Bertz CT molecular complexity index is 618. The topological polar surface area (TPSA) is 21.6 Å². The van der Waals surface area contributed by atoms with E-state index in [0.717, 1.165) is 11.5 Å². The molecule has 0 aromatic heterocycles. The lowest BCUT2D eigenvalue weighted by molar-refractivity contribution is 0.326. The minimum atomic E-state index is -0.345. The molecule has 19 heavy (non-hydrogen) atoms. The molecule has 0 saturated carbocycles. The first-order valence-electron chi connectivity index (χ1n) is 6.64. The van der Waals surface area contributed by atoms with Gasteiger partial charge in [-0.15, -0.1) is 0 Å². The summed E-state index contributed by atoms with van der Waals surface area (Å²) in [5, 5.41) is 0. The van der Waals surface area contributed by atoms with E-state index in [1.54, 1.807) is 0 Å². The average molecular weight is 251 g/mol. The molecule has 0 fully saturated rings. The van der Waals surface area contributed by atoms with Crippen molar-refractivity contribution in [2.45, 2.75) is 19.4 Å². The summed E-state index contributed by atoms with van der Waals surface area (Å²) in [7, 11) is 0. The second-order valence-corrected chi connectivity index (χ2v) is 4.83. The predicted octanol–water partition coefficient (Wildman–Crippen LogP) is 3.75. The summed E-state index contributed by atoms with van der Waals surface area (Å²) in [6, 6.07) is 18.7. The van der Waals surface area contributed by atoms with Crippen LogP contribution in [-0.4, -0.2) is 12.5 Å². The van der Waals surface area contributed by atoms with Crippen molar-refractivity contribution in [1.29, 1.82) is 0 Å². The first-order chi connectivity index (χ1) is 9.25. The molecule has 0 aliphatic carbocycles. The van der Waals surface area contributed by atoms with E-state index in [1.807, 2.05) is 19.1 Å². The molecule has 0 saturated heterocycles. The highest BCUT2D eigenvalue weighted by atomic mass is 16.5. The molecule has 1 aliphatic heterocycles. The Kier molecular flexibility index (Phi) is 2.86. The molecule has 0 amide bonds. The van der Waals surface area contributed by atoms with E-state index >= 15 is 0 Å². The zero-order valence-electron chi connectivity index (χ0n) is 11.3. The number of nitrogens with zero attached hydrogens (tertiary/aromatic N) is 1. The van der Waals surface area contributed by atoms with Crippen LogP contribution in [0.2, 0.25) is 0 Å². The van der Waals surface area contributed by atoms with E-state index in [1.165, 1.54) is 11.1 Å². The minimum Gasteiger partial charge on any atom is -0.478 e. The number of fused-ring (bicyclic) bond motifs is 1. The third kappa shape index (κ3) is 1.84. The molecule has 1 unspecified atom stereocenters. The van der Waals surface area contributed by atoms with Gasteiger partial charge in [0.2, 0.25) is 5.90 Å². The molecule has 0 N–H and O–H groups in total. The van der Waals surface area contributed by atoms with Crippen molar-refractivity contribution >= 4 is 5.90 Å². The summed E-state index contributed by atoms with van der Waals surface area (Å²) >= 11 is 0. The maximum Gasteiger partial charge on any atom is 0.217 e. The van der Waals surface area contributed by atoms with Gasteiger partial charge in [-0.25, -0.2) is 4.99 Å². The molecular weight excluding hydrogens is 234 g/mol. The lowest BCUT2D eigenvalue weighted by atomic mass is 9.85. The second kappa shape index (κ2) is 4.54. The van der Waals surface area contributed by atoms with Gasteiger partial charge in [0.25, 0.3) is 0 Å². The SMILES string of the molecule is CCOC1=NC(C)(c2ccccc2)c2ccccc21. The van der Waals surface area contributed by atoms with Crippen LogP contribution in [0.4, 0.5) is 0 Å². The standard InChI is InChI=1S/C17H17NO/c1-3-19-16-14-11-7-8-12-15(14)17(2,18-16)13-9-5-4-6-10-13/h4-12H,3H2,1-2H3. The van der Waals surface area contributed by atoms with Crippen LogP contribution in [0.5, 0.6) is 0 Å². The fraction of sp³-hybridized carbons (Fsp3) is 0.235. The van der Waals surface area contributed by atoms with Gasteiger partial charge in [0.05, 0.1) is 6.61 Å². The molecule has 2 aromatic carbocycles. The first-order valence-corrected chi connectivity index (χ1v) is 6.64. The van der Waals surface area contributed by atoms with Gasteiger partial charge < -0.3 is 4.74 Å². The smallest absolute Gasteiger partial charge is 0.217 e. The molecule has 1 heterocycles. The van der Waals surface area contributed by atoms with E-state index in [0.29, 0.717) is 6.61 Å². The van der Waals surface area contributed by atoms with Crippen LogP contribution in [0, 0.1) is 0 Å². The van der Waals surface area contributed by atoms with Crippen LogP contribution >= 0.6 is 0 Å². The normalized spacial score (nSPS) is 20.8. The van der Waals surface area contributed by atoms with E-state index in [-0.39, 0.29) is 5.54 Å². The summed E-state index contributed by atoms with van der Waals surface area (Å²) in [6.45, 7) is 4.77. The average Bonchev–Trinajstić information content (AvgIpc) is 2.75. The van der Waals surface area contributed by atoms with Crippen molar-refractivity contribution in [3.05, 3.63) is 71.3 Å². The summed E-state index contributed by atoms with van der Waals surface area (Å²) < 4.78 is 5.70. The van der Waals surface area contributed by atoms with Crippen LogP contribution in [0.3, 0.4) is 0 Å². The summed E-state index contributed by atoms with van der Waals surface area (Å²) in [6.07, 6.45) is 0. The molecule has 96 valence electrons. The summed E-state index contributed by atoms with van der Waals surface area (Å²) in [4.78, 5) is 4.84. The molecule has 0 spiro atoms. The summed E-state index contributed by atoms with van der Waals surface area (Å²) in [5.41, 5.74) is 3.17. The number of rotatable bonds is 2. The fourth-order valence-corrected chi connectivity index (χ4v) is 2.65. The lowest BCUT2D eigenvalue weighted by Crippen LogP contribution is -2.18. The van der Waals surface area contributed by atoms with Gasteiger partial charge in [-0.05, 0) is 31.0 Å². The number of hydrogen-bond acceptors (Lipinski definition) is 2. The van der Waals surface area contributed by atoms with Crippen LogP contribution in [0.25, 0.3) is 0 Å². The summed E-state index contributed by atoms with van der Waals surface area (Å²) in [5.74, 6) is 0.754. The van der Waals surface area contributed by atoms with Crippen molar-refractivity contribution in [1.82, 2.24) is 0 Å². The van der Waals surface area contributed by atoms with E-state index in [9.17, 15) is 0 Å². The van der Waals surface area contributed by atoms with Crippen LogP contribution in [0.15, 0.2) is 59.6 Å². The zero-order chi connectivity index (χ0) is 13.3. The van der Waals surface area contributed by atoms with Gasteiger partial charge in [-0.2, -0.15) is 0 Å². The molecule has 3 rings (SSSR count). The molecule has 0 bridgehead atoms. The molecule has 1 aliphatic rings. The number of hydrogen-bond donors (Lipinski definition) is 0. The molecule has 2 aromatic rings. The van der Waals surface area contributed by atoms with Gasteiger partial charge in [0.15, 0.2) is 0 Å². The van der Waals surface area contributed by atoms with E-state index in [2.05, 4.69) is 49.4 Å². The first kappa shape index (κ1) is 12.0. The van der Waals surface area contributed by atoms with E-state index in [4.69, 9.17) is 9.73 Å². The Hall–Kier alpha value is -2.09. The Morgan fingerprint density at radius 3 is 2.42 bits per heavy atom. The van der Waals surface area contributed by atoms with Crippen molar-refractivity contribution in [3.63, 3.8) is 0 Å². The third-order valence-corrected chi connectivity index (χ3v) is 3.62. The fourth-order valence-electron chi connectivity index (χ4n) is 2.65. The second-order valence-electron chi connectivity index (χ2n) is 4.83. The van der Waals surface area contributed by atoms with Gasteiger partial charge in [-0.3, -0.25) is 0 Å². The minimum absolute atomic E-state index is 0.345. The Morgan fingerprint density at radius 2 is 1.68 bits per heavy atom. The highest BCUT2D eigenvalue weighted by Crippen LogP contribution is 2.40. The van der Waals surface area contributed by atoms with Crippen LogP contribution in [-0.2, 0) is 10.3 Å². The molecule has 1 atom stereocenters. The maximum absolute atomic E-state index is 5.70. The Morgan fingerprint density at radius 1 is 1.00 bits per heavy atom. The van der Waals surface area contributed by atoms with Crippen LogP contribution in [0.1, 0.15) is 30.5 Å². The van der Waals surface area contributed by atoms with Crippen molar-refractivity contribution < 1.29 is 4.74 Å². The third-order valence-electron chi connectivity index (χ3n) is 3.62. The zero-order valence-corrected chi connectivity index (χ0v) is 11.3. The Labute approximate surface area is 113 Å². The molecule has 0 radical (unpaired) electrons. The number of benzene rings is 2. The van der Waals surface area contributed by atoms with Crippen molar-refractivity contribution in [3.8, 4) is 0 Å². The highest BCUT2D eigenvalue weighted by molar-refractivity contribution is 5.99.